The van der Waals surface area contributed by atoms with Gasteiger partial charge in [0.2, 0.25) is 0 Å². The second-order valence-corrected chi connectivity index (χ2v) is 6.56. The molecule has 6 N–H and O–H groups in total. The molecule has 0 aromatic rings. The van der Waals surface area contributed by atoms with Gasteiger partial charge in [0, 0.05) is 19.1 Å². The lowest BCUT2D eigenvalue weighted by Crippen LogP contribution is -2.52. The number of nitrogens with one attached hydrogen (secondary N) is 2. The van der Waals surface area contributed by atoms with Crippen molar-refractivity contribution >= 4 is 5.96 Å². The van der Waals surface area contributed by atoms with E-state index >= 15 is 0 Å². The summed E-state index contributed by atoms with van der Waals surface area (Å²) in [5.74, 6) is 2.38. The monoisotopic (exact) mass is 278 g/mol. The van der Waals surface area contributed by atoms with E-state index in [-0.39, 0.29) is 5.92 Å². The molecule has 0 aromatic heterocycles. The lowest BCUT2D eigenvalue weighted by Gasteiger charge is -2.34. The van der Waals surface area contributed by atoms with Gasteiger partial charge < -0.3 is 27.0 Å². The normalized spacial score (nSPS) is 37.3. The third-order valence-corrected chi connectivity index (χ3v) is 4.80. The minimum atomic E-state index is -0.703. The molecule has 2 saturated heterocycles. The average Bonchev–Trinajstić information content (AvgIpc) is 2.81. The summed E-state index contributed by atoms with van der Waals surface area (Å²) >= 11 is 0. The molecular weight excluding hydrogens is 252 g/mol. The van der Waals surface area contributed by atoms with Gasteiger partial charge in [-0.25, -0.2) is 4.99 Å². The fraction of sp³-hybridized carbons (Fsp3) is 0.786. The first-order chi connectivity index (χ1) is 9.48. The number of fused-ring (bicyclic) bond motifs is 1. The second kappa shape index (κ2) is 4.93. The minimum Gasteiger partial charge on any atom is -0.370 e. The van der Waals surface area contributed by atoms with Gasteiger partial charge in [-0.05, 0) is 37.3 Å². The van der Waals surface area contributed by atoms with Crippen molar-refractivity contribution < 1.29 is 0 Å². The Morgan fingerprint density at radius 1 is 1.45 bits per heavy atom. The van der Waals surface area contributed by atoms with Crippen molar-refractivity contribution in [3.05, 3.63) is 11.9 Å². The predicted octanol–water partition coefficient (Wildman–Crippen LogP) is -0.259. The highest BCUT2D eigenvalue weighted by Gasteiger charge is 2.38. The Balaban J connectivity index is 1.79. The molecule has 0 spiro atoms. The Kier molecular flexibility index (Phi) is 3.38. The summed E-state index contributed by atoms with van der Waals surface area (Å²) in [6, 6.07) is 0.595. The largest absolute Gasteiger partial charge is 0.370 e. The van der Waals surface area contributed by atoms with Gasteiger partial charge in [-0.15, -0.1) is 0 Å². The molecule has 3 heterocycles. The third kappa shape index (κ3) is 2.38. The van der Waals surface area contributed by atoms with Crippen LogP contribution in [-0.4, -0.2) is 42.2 Å². The Morgan fingerprint density at radius 2 is 2.25 bits per heavy atom. The zero-order chi connectivity index (χ0) is 14.3. The van der Waals surface area contributed by atoms with Crippen LogP contribution >= 0.6 is 0 Å². The fourth-order valence-electron chi connectivity index (χ4n) is 3.36. The molecule has 3 rings (SSSR count). The second-order valence-electron chi connectivity index (χ2n) is 6.56. The first-order valence-electron chi connectivity index (χ1n) is 7.60. The Bertz CT molecular complexity index is 429. The number of aliphatic imine (C=N–C) groups is 1. The highest BCUT2D eigenvalue weighted by Crippen LogP contribution is 2.29. The molecule has 0 amide bonds. The van der Waals surface area contributed by atoms with Crippen LogP contribution in [0.4, 0.5) is 0 Å². The number of hydrogen-bond donors (Lipinski definition) is 4. The predicted molar refractivity (Wildman–Crippen MR) is 80.7 cm³/mol. The van der Waals surface area contributed by atoms with Gasteiger partial charge >= 0.3 is 0 Å². The molecule has 0 saturated carbocycles. The molecule has 3 aliphatic rings. The van der Waals surface area contributed by atoms with Crippen LogP contribution in [0.2, 0.25) is 0 Å². The quantitative estimate of drug-likeness (QED) is 0.559. The van der Waals surface area contributed by atoms with E-state index in [1.165, 1.54) is 12.8 Å². The van der Waals surface area contributed by atoms with Gasteiger partial charge in [0.1, 0.15) is 11.5 Å². The molecule has 6 heteroatoms. The van der Waals surface area contributed by atoms with Crippen molar-refractivity contribution in [2.45, 2.75) is 38.4 Å². The minimum absolute atomic E-state index is 0.209. The summed E-state index contributed by atoms with van der Waals surface area (Å²) in [4.78, 5) is 6.73. The Hall–Kier alpha value is -1.27. The van der Waals surface area contributed by atoms with Crippen LogP contribution in [0.1, 0.15) is 26.7 Å². The van der Waals surface area contributed by atoms with Crippen LogP contribution in [0.5, 0.6) is 0 Å². The van der Waals surface area contributed by atoms with E-state index in [0.29, 0.717) is 12.0 Å². The van der Waals surface area contributed by atoms with E-state index in [0.717, 1.165) is 31.4 Å². The van der Waals surface area contributed by atoms with Gasteiger partial charge in [-0.3, -0.25) is 0 Å². The molecular formula is C14H26N6. The Labute approximate surface area is 120 Å². The number of rotatable bonds is 2. The summed E-state index contributed by atoms with van der Waals surface area (Å²) in [6.45, 7) is 7.36. The lowest BCUT2D eigenvalue weighted by molar-refractivity contribution is 0.334. The summed E-state index contributed by atoms with van der Waals surface area (Å²) < 4.78 is 0. The van der Waals surface area contributed by atoms with E-state index in [1.807, 2.05) is 6.08 Å². The first kappa shape index (κ1) is 13.7. The molecule has 20 heavy (non-hydrogen) atoms. The molecule has 112 valence electrons. The van der Waals surface area contributed by atoms with Crippen molar-refractivity contribution in [1.82, 2.24) is 15.5 Å². The number of nitrogens with two attached hydrogens (primary N) is 2. The maximum absolute atomic E-state index is 6.37. The maximum Gasteiger partial charge on any atom is 0.196 e. The topological polar surface area (TPSA) is 91.7 Å². The summed E-state index contributed by atoms with van der Waals surface area (Å²) in [5.41, 5.74) is 11.6. The number of likely N-dealkylation sites (tertiary alicyclic amines) is 1. The summed E-state index contributed by atoms with van der Waals surface area (Å²) in [7, 11) is 0. The standard InChI is InChI=1S/C14H26N6/c1-9(2)14(16)6-12(18-13(15)19-14)20-7-10-4-3-5-17-11(10)8-20/h6,9-11,17H,3-5,7-8,16H2,1-2H3,(H3,15,18,19)/t10-,11+,14?/m0/s1. The SMILES string of the molecule is CC(C)C1(N)C=C(N2C[C@@H]3CCCN[C@@H]3C2)NC(N)=N1. The van der Waals surface area contributed by atoms with Crippen molar-refractivity contribution in [2.24, 2.45) is 28.3 Å². The van der Waals surface area contributed by atoms with Gasteiger partial charge in [0.05, 0.1) is 0 Å². The fourth-order valence-corrected chi connectivity index (χ4v) is 3.36. The van der Waals surface area contributed by atoms with E-state index in [4.69, 9.17) is 11.5 Å². The molecule has 0 aliphatic carbocycles. The van der Waals surface area contributed by atoms with Crippen LogP contribution < -0.4 is 22.1 Å². The van der Waals surface area contributed by atoms with Crippen molar-refractivity contribution in [3.8, 4) is 0 Å². The Morgan fingerprint density at radius 3 is 2.95 bits per heavy atom. The third-order valence-electron chi connectivity index (χ3n) is 4.80. The van der Waals surface area contributed by atoms with E-state index < -0.39 is 5.66 Å². The van der Waals surface area contributed by atoms with Crippen LogP contribution in [0.15, 0.2) is 16.9 Å². The number of nitrogens with zero attached hydrogens (tertiary/aromatic N) is 2. The maximum atomic E-state index is 6.37. The average molecular weight is 278 g/mol. The lowest BCUT2D eigenvalue weighted by atomic mass is 9.94. The van der Waals surface area contributed by atoms with E-state index in [9.17, 15) is 0 Å². The van der Waals surface area contributed by atoms with Gasteiger partial charge in [-0.1, -0.05) is 13.8 Å². The van der Waals surface area contributed by atoms with Crippen LogP contribution in [0.3, 0.4) is 0 Å². The number of piperidine rings is 1. The molecule has 6 nitrogen and oxygen atoms in total. The molecule has 0 bridgehead atoms. The molecule has 3 aliphatic heterocycles. The van der Waals surface area contributed by atoms with Crippen LogP contribution in [-0.2, 0) is 0 Å². The molecule has 0 radical (unpaired) electrons. The highest BCUT2D eigenvalue weighted by atomic mass is 15.3. The van der Waals surface area contributed by atoms with Gasteiger partial charge in [0.15, 0.2) is 5.96 Å². The van der Waals surface area contributed by atoms with E-state index in [2.05, 4.69) is 34.4 Å². The molecule has 3 atom stereocenters. The first-order valence-corrected chi connectivity index (χ1v) is 7.60. The molecule has 0 aromatic carbocycles. The van der Waals surface area contributed by atoms with Gasteiger partial charge in [0.25, 0.3) is 0 Å². The summed E-state index contributed by atoms with van der Waals surface area (Å²) in [6.07, 6.45) is 4.62. The van der Waals surface area contributed by atoms with Crippen molar-refractivity contribution in [1.29, 1.82) is 0 Å². The van der Waals surface area contributed by atoms with Crippen molar-refractivity contribution in [3.63, 3.8) is 0 Å². The molecule has 2 fully saturated rings. The highest BCUT2D eigenvalue weighted by molar-refractivity contribution is 5.81. The van der Waals surface area contributed by atoms with Gasteiger partial charge in [-0.2, -0.15) is 0 Å². The van der Waals surface area contributed by atoms with Crippen LogP contribution in [0.25, 0.3) is 0 Å². The van der Waals surface area contributed by atoms with Crippen LogP contribution in [0, 0.1) is 11.8 Å². The zero-order valence-electron chi connectivity index (χ0n) is 12.4. The smallest absolute Gasteiger partial charge is 0.196 e. The molecule has 1 unspecified atom stereocenters. The van der Waals surface area contributed by atoms with E-state index in [1.54, 1.807) is 0 Å². The summed E-state index contributed by atoms with van der Waals surface area (Å²) in [5, 5.41) is 6.80. The zero-order valence-corrected chi connectivity index (χ0v) is 12.4. The van der Waals surface area contributed by atoms with Crippen molar-refractivity contribution in [2.75, 3.05) is 19.6 Å². The number of guanidine groups is 1. The number of hydrogen-bond acceptors (Lipinski definition) is 6.